The van der Waals surface area contributed by atoms with Crippen molar-refractivity contribution in [3.63, 3.8) is 0 Å². The number of aryl methyl sites for hydroxylation is 1. The number of benzene rings is 2. The fourth-order valence-corrected chi connectivity index (χ4v) is 3.86. The number of aromatic nitrogens is 2. The molecular weight excluding hydrogens is 395 g/mol. The first kappa shape index (κ1) is 21.0. The molecule has 0 radical (unpaired) electrons. The number of nitrogens with one attached hydrogen (secondary N) is 1. The van der Waals surface area contributed by atoms with Crippen molar-refractivity contribution in [3.8, 4) is 5.88 Å². The second-order valence-electron chi connectivity index (χ2n) is 7.92. The molecule has 6 nitrogen and oxygen atoms in total. The molecule has 1 aliphatic rings. The lowest BCUT2D eigenvalue weighted by Crippen LogP contribution is -2.41. The molecule has 1 aromatic heterocycles. The van der Waals surface area contributed by atoms with E-state index >= 15 is 0 Å². The molecule has 0 unspecified atom stereocenters. The summed E-state index contributed by atoms with van der Waals surface area (Å²) in [6, 6.07) is 12.1. The SMILES string of the molecule is CCCOc1nc2ccccc2nc1N1CCC[C@@H](C(=O)Nc2ccc(F)cc2C)C1. The molecule has 4 rings (SSSR count). The molecule has 1 atom stereocenters. The van der Waals surface area contributed by atoms with Gasteiger partial charge in [-0.25, -0.2) is 14.4 Å². The van der Waals surface area contributed by atoms with Crippen LogP contribution in [0.3, 0.4) is 0 Å². The predicted molar refractivity (Wildman–Crippen MR) is 120 cm³/mol. The van der Waals surface area contributed by atoms with Crippen molar-refractivity contribution in [1.82, 2.24) is 9.97 Å². The number of fused-ring (bicyclic) bond motifs is 1. The van der Waals surface area contributed by atoms with Crippen molar-refractivity contribution in [2.24, 2.45) is 5.92 Å². The minimum absolute atomic E-state index is 0.0656. The predicted octanol–water partition coefficient (Wildman–Crippen LogP) is 4.72. The first-order chi connectivity index (χ1) is 15.0. The van der Waals surface area contributed by atoms with Crippen LogP contribution >= 0.6 is 0 Å². The smallest absolute Gasteiger partial charge is 0.258 e. The Balaban J connectivity index is 1.56. The summed E-state index contributed by atoms with van der Waals surface area (Å²) in [5.41, 5.74) is 2.93. The second-order valence-corrected chi connectivity index (χ2v) is 7.92. The molecule has 7 heteroatoms. The minimum Gasteiger partial charge on any atom is -0.475 e. The van der Waals surface area contributed by atoms with Crippen LogP contribution in [0, 0.1) is 18.7 Å². The number of halogens is 1. The number of rotatable bonds is 6. The maximum absolute atomic E-state index is 13.4. The Labute approximate surface area is 181 Å². The molecule has 0 bridgehead atoms. The molecular formula is C24H27FN4O2. The Hall–Kier alpha value is -3.22. The Bertz CT molecular complexity index is 1090. The van der Waals surface area contributed by atoms with E-state index in [2.05, 4.69) is 15.2 Å². The summed E-state index contributed by atoms with van der Waals surface area (Å²) in [5.74, 6) is 0.613. The molecule has 2 heterocycles. The van der Waals surface area contributed by atoms with Gasteiger partial charge in [0.2, 0.25) is 5.91 Å². The standard InChI is InChI=1S/C24H27FN4O2/c1-3-13-31-24-22(26-20-8-4-5-9-21(20)28-24)29-12-6-7-17(15-29)23(30)27-19-11-10-18(25)14-16(19)2/h4-5,8-11,14,17H,3,6-7,12-13,15H2,1-2H3,(H,27,30)/t17-/m1/s1. The highest BCUT2D eigenvalue weighted by atomic mass is 19.1. The van der Waals surface area contributed by atoms with Gasteiger partial charge in [0.1, 0.15) is 5.82 Å². The number of amides is 1. The number of carbonyl (C=O) groups is 1. The van der Waals surface area contributed by atoms with Crippen molar-refractivity contribution in [2.45, 2.75) is 33.1 Å². The monoisotopic (exact) mass is 422 g/mol. The van der Waals surface area contributed by atoms with Gasteiger partial charge < -0.3 is 15.0 Å². The Morgan fingerprint density at radius 2 is 2.00 bits per heavy atom. The van der Waals surface area contributed by atoms with Crippen molar-refractivity contribution in [3.05, 3.63) is 53.8 Å². The minimum atomic E-state index is -0.311. The average Bonchev–Trinajstić information content (AvgIpc) is 2.79. The van der Waals surface area contributed by atoms with Gasteiger partial charge in [-0.3, -0.25) is 4.79 Å². The van der Waals surface area contributed by atoms with Crippen LogP contribution in [0.15, 0.2) is 42.5 Å². The van der Waals surface area contributed by atoms with Gasteiger partial charge in [-0.1, -0.05) is 19.1 Å². The van der Waals surface area contributed by atoms with E-state index in [1.54, 1.807) is 13.0 Å². The third-order valence-electron chi connectivity index (χ3n) is 5.50. The van der Waals surface area contributed by atoms with Crippen molar-refractivity contribution in [1.29, 1.82) is 0 Å². The molecule has 31 heavy (non-hydrogen) atoms. The van der Waals surface area contributed by atoms with E-state index in [1.165, 1.54) is 12.1 Å². The summed E-state index contributed by atoms with van der Waals surface area (Å²) in [7, 11) is 0. The normalized spacial score (nSPS) is 16.4. The van der Waals surface area contributed by atoms with E-state index in [0.29, 0.717) is 36.1 Å². The molecule has 1 fully saturated rings. The molecule has 3 aromatic rings. The van der Waals surface area contributed by atoms with Crippen LogP contribution in [0.2, 0.25) is 0 Å². The van der Waals surface area contributed by atoms with Crippen molar-refractivity contribution < 1.29 is 13.9 Å². The largest absolute Gasteiger partial charge is 0.475 e. The van der Waals surface area contributed by atoms with Crippen LogP contribution in [-0.4, -0.2) is 35.6 Å². The highest BCUT2D eigenvalue weighted by Gasteiger charge is 2.29. The van der Waals surface area contributed by atoms with Crippen molar-refractivity contribution in [2.75, 3.05) is 29.9 Å². The van der Waals surface area contributed by atoms with E-state index < -0.39 is 0 Å². The molecule has 1 N–H and O–H groups in total. The Kier molecular flexibility index (Phi) is 6.30. The molecule has 0 aliphatic carbocycles. The number of ether oxygens (including phenoxy) is 1. The summed E-state index contributed by atoms with van der Waals surface area (Å²) in [6.45, 7) is 5.71. The lowest BCUT2D eigenvalue weighted by Gasteiger charge is -2.33. The zero-order valence-corrected chi connectivity index (χ0v) is 17.9. The van der Waals surface area contributed by atoms with Gasteiger partial charge in [-0.05, 0) is 62.1 Å². The molecule has 0 saturated carbocycles. The number of piperidine rings is 1. The zero-order valence-electron chi connectivity index (χ0n) is 17.9. The van der Waals surface area contributed by atoms with Gasteiger partial charge in [0, 0.05) is 18.8 Å². The summed E-state index contributed by atoms with van der Waals surface area (Å²) in [6.07, 6.45) is 2.52. The second kappa shape index (κ2) is 9.29. The van der Waals surface area contributed by atoms with Crippen LogP contribution in [-0.2, 0) is 4.79 Å². The number of hydrogen-bond donors (Lipinski definition) is 1. The average molecular weight is 423 g/mol. The first-order valence-corrected chi connectivity index (χ1v) is 10.8. The summed E-state index contributed by atoms with van der Waals surface area (Å²) < 4.78 is 19.3. The van der Waals surface area contributed by atoms with Gasteiger partial charge in [-0.2, -0.15) is 0 Å². The number of anilines is 2. The fraction of sp³-hybridized carbons (Fsp3) is 0.375. The third-order valence-corrected chi connectivity index (χ3v) is 5.50. The summed E-state index contributed by atoms with van der Waals surface area (Å²) in [5, 5.41) is 2.96. The van der Waals surface area contributed by atoms with Crippen LogP contribution in [0.1, 0.15) is 31.7 Å². The third kappa shape index (κ3) is 4.76. The van der Waals surface area contributed by atoms with E-state index in [1.807, 2.05) is 31.2 Å². The number of para-hydroxylation sites is 2. The maximum atomic E-state index is 13.4. The van der Waals surface area contributed by atoms with Gasteiger partial charge >= 0.3 is 0 Å². The van der Waals surface area contributed by atoms with E-state index in [0.717, 1.165) is 36.8 Å². The van der Waals surface area contributed by atoms with Crippen LogP contribution in [0.25, 0.3) is 11.0 Å². The quantitative estimate of drug-likeness (QED) is 0.623. The van der Waals surface area contributed by atoms with Gasteiger partial charge in [0.15, 0.2) is 5.82 Å². The molecule has 1 saturated heterocycles. The summed E-state index contributed by atoms with van der Waals surface area (Å²) in [4.78, 5) is 24.5. The van der Waals surface area contributed by atoms with Crippen LogP contribution in [0.5, 0.6) is 5.88 Å². The van der Waals surface area contributed by atoms with Gasteiger partial charge in [0.05, 0.1) is 23.6 Å². The Morgan fingerprint density at radius 1 is 1.23 bits per heavy atom. The zero-order chi connectivity index (χ0) is 21.8. The number of hydrogen-bond acceptors (Lipinski definition) is 5. The molecule has 1 amide bonds. The fourth-order valence-electron chi connectivity index (χ4n) is 3.86. The van der Waals surface area contributed by atoms with Gasteiger partial charge in [-0.15, -0.1) is 0 Å². The lowest BCUT2D eigenvalue weighted by molar-refractivity contribution is -0.120. The maximum Gasteiger partial charge on any atom is 0.258 e. The lowest BCUT2D eigenvalue weighted by atomic mass is 9.97. The number of carbonyl (C=O) groups excluding carboxylic acids is 1. The van der Waals surface area contributed by atoms with E-state index in [9.17, 15) is 9.18 Å². The Morgan fingerprint density at radius 3 is 2.74 bits per heavy atom. The highest BCUT2D eigenvalue weighted by Crippen LogP contribution is 2.31. The molecule has 0 spiro atoms. The van der Waals surface area contributed by atoms with Crippen LogP contribution < -0.4 is 15.0 Å². The summed E-state index contributed by atoms with van der Waals surface area (Å²) >= 11 is 0. The molecule has 2 aromatic carbocycles. The highest BCUT2D eigenvalue weighted by molar-refractivity contribution is 5.93. The van der Waals surface area contributed by atoms with E-state index in [-0.39, 0.29) is 17.6 Å². The first-order valence-electron chi connectivity index (χ1n) is 10.8. The molecule has 1 aliphatic heterocycles. The van der Waals surface area contributed by atoms with Crippen molar-refractivity contribution >= 4 is 28.4 Å². The van der Waals surface area contributed by atoms with E-state index in [4.69, 9.17) is 9.72 Å². The van der Waals surface area contributed by atoms with Crippen LogP contribution in [0.4, 0.5) is 15.9 Å². The molecule has 162 valence electrons. The number of nitrogens with zero attached hydrogens (tertiary/aromatic N) is 3. The van der Waals surface area contributed by atoms with Gasteiger partial charge in [0.25, 0.3) is 5.88 Å². The topological polar surface area (TPSA) is 67.4 Å².